The SMILES string of the molecule is Cc1noc(C)c1-c1ccc2nc(C(=O)CCc3cncn3C)nc(NCc3cccc(Cl)c3)c2c1. The van der Waals surface area contributed by atoms with Gasteiger partial charge in [-0.2, -0.15) is 0 Å². The molecule has 3 aromatic heterocycles. The maximum atomic E-state index is 13.1. The average Bonchev–Trinajstić information content (AvgIpc) is 3.44. The van der Waals surface area contributed by atoms with Crippen molar-refractivity contribution >= 4 is 34.1 Å². The van der Waals surface area contributed by atoms with Crippen molar-refractivity contribution in [3.8, 4) is 11.1 Å². The molecule has 0 unspecified atom stereocenters. The van der Waals surface area contributed by atoms with Crippen molar-refractivity contribution in [3.63, 3.8) is 0 Å². The first-order valence-corrected chi connectivity index (χ1v) is 12.0. The van der Waals surface area contributed by atoms with Crippen molar-refractivity contribution < 1.29 is 9.32 Å². The van der Waals surface area contributed by atoms with Gasteiger partial charge in [0, 0.05) is 47.9 Å². The van der Waals surface area contributed by atoms with Crippen molar-refractivity contribution in [2.75, 3.05) is 5.32 Å². The zero-order valence-electron chi connectivity index (χ0n) is 20.2. The van der Waals surface area contributed by atoms with E-state index in [1.807, 2.05) is 67.9 Å². The fraction of sp³-hybridized carbons (Fsp3) is 0.222. The highest BCUT2D eigenvalue weighted by Gasteiger charge is 2.18. The van der Waals surface area contributed by atoms with Crippen LogP contribution in [0.15, 0.2) is 59.5 Å². The number of rotatable bonds is 8. The number of nitrogens with zero attached hydrogens (tertiary/aromatic N) is 5. The van der Waals surface area contributed by atoms with E-state index in [0.29, 0.717) is 29.3 Å². The van der Waals surface area contributed by atoms with Crippen LogP contribution in [0.4, 0.5) is 5.82 Å². The molecule has 0 fully saturated rings. The lowest BCUT2D eigenvalue weighted by atomic mass is 10.0. The highest BCUT2D eigenvalue weighted by atomic mass is 35.5. The minimum absolute atomic E-state index is 0.126. The van der Waals surface area contributed by atoms with Crippen LogP contribution in [0.1, 0.15) is 39.8 Å². The topological polar surface area (TPSA) is 98.7 Å². The van der Waals surface area contributed by atoms with E-state index in [-0.39, 0.29) is 18.0 Å². The van der Waals surface area contributed by atoms with E-state index in [0.717, 1.165) is 39.2 Å². The van der Waals surface area contributed by atoms with Crippen LogP contribution in [0, 0.1) is 13.8 Å². The Kier molecular flexibility index (Phi) is 6.52. The molecule has 1 N–H and O–H groups in total. The highest BCUT2D eigenvalue weighted by Crippen LogP contribution is 2.32. The van der Waals surface area contributed by atoms with Gasteiger partial charge >= 0.3 is 0 Å². The summed E-state index contributed by atoms with van der Waals surface area (Å²) >= 11 is 6.17. The lowest BCUT2D eigenvalue weighted by Gasteiger charge is -2.12. The molecule has 36 heavy (non-hydrogen) atoms. The number of aryl methyl sites for hydroxylation is 4. The quantitative estimate of drug-likeness (QED) is 0.272. The number of aromatic nitrogens is 5. The van der Waals surface area contributed by atoms with Gasteiger partial charge in [-0.05, 0) is 55.7 Å². The minimum Gasteiger partial charge on any atom is -0.365 e. The molecule has 0 saturated carbocycles. The molecule has 8 nitrogen and oxygen atoms in total. The molecule has 9 heteroatoms. The molecule has 0 bridgehead atoms. The van der Waals surface area contributed by atoms with Gasteiger partial charge in [0.05, 0.1) is 17.5 Å². The maximum absolute atomic E-state index is 13.1. The molecule has 0 aliphatic heterocycles. The summed E-state index contributed by atoms with van der Waals surface area (Å²) < 4.78 is 7.27. The van der Waals surface area contributed by atoms with Crippen LogP contribution in [0.2, 0.25) is 5.02 Å². The van der Waals surface area contributed by atoms with Crippen LogP contribution >= 0.6 is 11.6 Å². The Morgan fingerprint density at radius 2 is 2.00 bits per heavy atom. The third kappa shape index (κ3) is 4.85. The normalized spacial score (nSPS) is 11.2. The molecule has 0 aliphatic rings. The van der Waals surface area contributed by atoms with Gasteiger partial charge in [-0.15, -0.1) is 0 Å². The first-order valence-electron chi connectivity index (χ1n) is 11.6. The van der Waals surface area contributed by atoms with Crippen LogP contribution in [0.3, 0.4) is 0 Å². The number of ketones is 1. The summed E-state index contributed by atoms with van der Waals surface area (Å²) in [7, 11) is 1.91. The van der Waals surface area contributed by atoms with Gasteiger partial charge < -0.3 is 14.4 Å². The van der Waals surface area contributed by atoms with Gasteiger partial charge in [0.2, 0.25) is 5.78 Å². The summed E-state index contributed by atoms with van der Waals surface area (Å²) in [5.41, 5.74) is 5.35. The van der Waals surface area contributed by atoms with Crippen molar-refractivity contribution in [1.82, 2.24) is 24.7 Å². The molecule has 0 amide bonds. The zero-order valence-corrected chi connectivity index (χ0v) is 21.0. The second kappa shape index (κ2) is 9.91. The van der Waals surface area contributed by atoms with Gasteiger partial charge in [0.15, 0.2) is 5.82 Å². The number of anilines is 1. The Labute approximate surface area is 213 Å². The van der Waals surface area contributed by atoms with E-state index in [1.54, 1.807) is 12.5 Å². The van der Waals surface area contributed by atoms with Crippen LogP contribution in [-0.2, 0) is 20.0 Å². The largest absolute Gasteiger partial charge is 0.365 e. The number of hydrogen-bond acceptors (Lipinski definition) is 7. The number of nitrogens with one attached hydrogen (secondary N) is 1. The Morgan fingerprint density at radius 3 is 2.72 bits per heavy atom. The van der Waals surface area contributed by atoms with Crippen LogP contribution in [-0.4, -0.2) is 30.5 Å². The molecule has 0 atom stereocenters. The lowest BCUT2D eigenvalue weighted by Crippen LogP contribution is -2.11. The Morgan fingerprint density at radius 1 is 1.14 bits per heavy atom. The van der Waals surface area contributed by atoms with E-state index in [9.17, 15) is 4.79 Å². The zero-order chi connectivity index (χ0) is 25.2. The number of halogens is 1. The average molecular weight is 501 g/mol. The number of carbonyl (C=O) groups is 1. The Balaban J connectivity index is 1.52. The molecule has 2 aromatic carbocycles. The maximum Gasteiger partial charge on any atom is 0.200 e. The van der Waals surface area contributed by atoms with Gasteiger partial charge in [-0.25, -0.2) is 15.0 Å². The summed E-state index contributed by atoms with van der Waals surface area (Å²) in [6, 6.07) is 13.5. The number of benzene rings is 2. The number of imidazole rings is 1. The first kappa shape index (κ1) is 23.7. The van der Waals surface area contributed by atoms with Crippen molar-refractivity contribution in [2.24, 2.45) is 7.05 Å². The van der Waals surface area contributed by atoms with E-state index in [2.05, 4.69) is 25.4 Å². The number of carbonyl (C=O) groups excluding carboxylic acids is 1. The Bertz CT molecular complexity index is 1550. The summed E-state index contributed by atoms with van der Waals surface area (Å²) in [6.07, 6.45) is 4.34. The molecule has 0 radical (unpaired) electrons. The van der Waals surface area contributed by atoms with Crippen LogP contribution < -0.4 is 5.32 Å². The first-order chi connectivity index (χ1) is 17.4. The number of Topliss-reactive ketones (excluding diaryl/α,β-unsaturated/α-hetero) is 1. The van der Waals surface area contributed by atoms with Crippen molar-refractivity contribution in [2.45, 2.75) is 33.2 Å². The van der Waals surface area contributed by atoms with Crippen LogP contribution in [0.25, 0.3) is 22.0 Å². The monoisotopic (exact) mass is 500 g/mol. The molecular weight excluding hydrogens is 476 g/mol. The van der Waals surface area contributed by atoms with Crippen molar-refractivity contribution in [3.05, 3.63) is 88.5 Å². The van der Waals surface area contributed by atoms with E-state index < -0.39 is 0 Å². The second-order valence-corrected chi connectivity index (χ2v) is 9.17. The molecule has 5 aromatic rings. The predicted octanol–water partition coefficient (Wildman–Crippen LogP) is 5.72. The van der Waals surface area contributed by atoms with Gasteiger partial charge in [0.25, 0.3) is 0 Å². The fourth-order valence-corrected chi connectivity index (χ4v) is 4.46. The lowest BCUT2D eigenvalue weighted by molar-refractivity contribution is 0.0972. The van der Waals surface area contributed by atoms with Gasteiger partial charge in [-0.1, -0.05) is 35.0 Å². The Hall–Kier alpha value is -4.04. The molecule has 5 rings (SSSR count). The summed E-state index contributed by atoms with van der Waals surface area (Å²) in [4.78, 5) is 26.5. The third-order valence-corrected chi connectivity index (χ3v) is 6.38. The molecule has 3 heterocycles. The second-order valence-electron chi connectivity index (χ2n) is 8.73. The minimum atomic E-state index is -0.126. The summed E-state index contributed by atoms with van der Waals surface area (Å²) in [6.45, 7) is 4.29. The highest BCUT2D eigenvalue weighted by molar-refractivity contribution is 6.30. The summed E-state index contributed by atoms with van der Waals surface area (Å²) in [5, 5.41) is 8.94. The number of fused-ring (bicyclic) bond motifs is 1. The van der Waals surface area contributed by atoms with E-state index in [1.165, 1.54) is 0 Å². The fourth-order valence-electron chi connectivity index (χ4n) is 4.25. The number of hydrogen-bond donors (Lipinski definition) is 1. The van der Waals surface area contributed by atoms with Gasteiger partial charge in [-0.3, -0.25) is 4.79 Å². The summed E-state index contributed by atoms with van der Waals surface area (Å²) in [5.74, 6) is 1.38. The third-order valence-electron chi connectivity index (χ3n) is 6.14. The smallest absolute Gasteiger partial charge is 0.200 e. The molecule has 0 saturated heterocycles. The predicted molar refractivity (Wildman–Crippen MR) is 139 cm³/mol. The van der Waals surface area contributed by atoms with E-state index in [4.69, 9.17) is 16.1 Å². The molecular formula is C27H25ClN6O2. The standard InChI is InChI=1S/C27H25ClN6O2/c1-16-25(17(2)36-33-16)19-7-9-23-22(12-19)26(30-13-18-5-4-6-20(28)11-18)32-27(31-23)24(35)10-8-21-14-29-15-34(21)3/h4-7,9,11-12,14-15H,8,10,13H2,1-3H3,(H,30,31,32). The van der Waals surface area contributed by atoms with Crippen molar-refractivity contribution in [1.29, 1.82) is 0 Å². The van der Waals surface area contributed by atoms with E-state index >= 15 is 0 Å². The molecule has 0 aliphatic carbocycles. The molecule has 182 valence electrons. The molecule has 0 spiro atoms. The van der Waals surface area contributed by atoms with Crippen LogP contribution in [0.5, 0.6) is 0 Å². The van der Waals surface area contributed by atoms with Gasteiger partial charge in [0.1, 0.15) is 11.6 Å².